The zero-order valence-electron chi connectivity index (χ0n) is 13.6. The van der Waals surface area contributed by atoms with E-state index in [9.17, 15) is 19.7 Å². The Labute approximate surface area is 143 Å². The third-order valence-corrected chi connectivity index (χ3v) is 4.10. The first kappa shape index (κ1) is 16.6. The highest BCUT2D eigenvalue weighted by Crippen LogP contribution is 2.42. The number of nitrogens with one attached hydrogen (secondary N) is 2. The van der Waals surface area contributed by atoms with Crippen molar-refractivity contribution in [2.75, 3.05) is 10.6 Å². The third kappa shape index (κ3) is 3.06. The Hall–Kier alpha value is -3.29. The zero-order chi connectivity index (χ0) is 18.1. The van der Waals surface area contributed by atoms with Gasteiger partial charge in [0.25, 0.3) is 11.6 Å². The van der Waals surface area contributed by atoms with E-state index in [2.05, 4.69) is 15.6 Å². The number of aromatic nitrogens is 1. The molecule has 0 aliphatic carbocycles. The highest BCUT2D eigenvalue weighted by Gasteiger charge is 2.35. The van der Waals surface area contributed by atoms with Crippen LogP contribution < -0.4 is 10.6 Å². The van der Waals surface area contributed by atoms with Crippen molar-refractivity contribution in [1.29, 1.82) is 0 Å². The highest BCUT2D eigenvalue weighted by atomic mass is 16.6. The average Bonchev–Trinajstić information content (AvgIpc) is 2.89. The maximum Gasteiger partial charge on any atom is 0.293 e. The van der Waals surface area contributed by atoms with E-state index in [1.165, 1.54) is 36.7 Å². The first-order valence-electron chi connectivity index (χ1n) is 7.73. The minimum atomic E-state index is -0.567. The van der Waals surface area contributed by atoms with Crippen LogP contribution in [0.1, 0.15) is 35.7 Å². The molecule has 1 atom stereocenters. The molecule has 0 radical (unpaired) electrons. The average molecular weight is 340 g/mol. The number of carbonyl (C=O) groups excluding carboxylic acids is 2. The van der Waals surface area contributed by atoms with Crippen molar-refractivity contribution in [3.8, 4) is 0 Å². The van der Waals surface area contributed by atoms with Gasteiger partial charge in [-0.2, -0.15) is 0 Å². The number of fused-ring (bicyclic) bond motifs is 1. The fourth-order valence-corrected chi connectivity index (χ4v) is 2.93. The molecule has 1 aliphatic heterocycles. The van der Waals surface area contributed by atoms with Gasteiger partial charge in [-0.15, -0.1) is 0 Å². The summed E-state index contributed by atoms with van der Waals surface area (Å²) in [5.74, 6) is -1.14. The van der Waals surface area contributed by atoms with Gasteiger partial charge in [0, 0.05) is 29.7 Å². The normalized spacial score (nSPS) is 15.6. The molecule has 1 aliphatic rings. The molecule has 2 N–H and O–H groups in total. The summed E-state index contributed by atoms with van der Waals surface area (Å²) in [6.07, 6.45) is 2.92. The summed E-state index contributed by atoms with van der Waals surface area (Å²) < 4.78 is 0. The van der Waals surface area contributed by atoms with Gasteiger partial charge in [0.1, 0.15) is 5.69 Å². The molecular weight excluding hydrogens is 324 g/mol. The second-order valence-electron chi connectivity index (χ2n) is 6.11. The topological polar surface area (TPSA) is 114 Å². The lowest BCUT2D eigenvalue weighted by Crippen LogP contribution is -2.16. The summed E-state index contributed by atoms with van der Waals surface area (Å²) in [5.41, 5.74) is 1.18. The number of hydrogen-bond donors (Lipinski definition) is 2. The quantitative estimate of drug-likeness (QED) is 0.656. The monoisotopic (exact) mass is 340 g/mol. The number of hydrogen-bond acceptors (Lipinski definition) is 5. The van der Waals surface area contributed by atoms with Gasteiger partial charge in [0.15, 0.2) is 0 Å². The SMILES string of the molecule is CC(C)C1C(=O)Nc2cc(NC(=O)c3ccncc3)c([N+](=O)[O-])cc21. The van der Waals surface area contributed by atoms with Gasteiger partial charge in [0.05, 0.1) is 10.8 Å². The molecule has 2 heterocycles. The molecule has 128 valence electrons. The number of pyridine rings is 1. The smallest absolute Gasteiger partial charge is 0.293 e. The van der Waals surface area contributed by atoms with Crippen molar-refractivity contribution in [2.45, 2.75) is 19.8 Å². The molecule has 0 bridgehead atoms. The third-order valence-electron chi connectivity index (χ3n) is 4.10. The maximum absolute atomic E-state index is 12.3. The van der Waals surface area contributed by atoms with E-state index in [0.29, 0.717) is 16.8 Å². The molecule has 0 fully saturated rings. The van der Waals surface area contributed by atoms with E-state index < -0.39 is 16.7 Å². The Morgan fingerprint density at radius 2 is 2.00 bits per heavy atom. The summed E-state index contributed by atoms with van der Waals surface area (Å²) in [6.45, 7) is 3.76. The summed E-state index contributed by atoms with van der Waals surface area (Å²) in [7, 11) is 0. The number of carbonyl (C=O) groups is 2. The van der Waals surface area contributed by atoms with Crippen molar-refractivity contribution in [1.82, 2.24) is 4.98 Å². The molecule has 2 aromatic rings. The van der Waals surface area contributed by atoms with Gasteiger partial charge < -0.3 is 10.6 Å². The van der Waals surface area contributed by atoms with Gasteiger partial charge in [-0.05, 0) is 29.7 Å². The molecule has 3 rings (SSSR count). The van der Waals surface area contributed by atoms with Crippen LogP contribution in [0.15, 0.2) is 36.7 Å². The second kappa shape index (κ2) is 6.31. The van der Waals surface area contributed by atoms with Crippen molar-refractivity contribution in [3.63, 3.8) is 0 Å². The van der Waals surface area contributed by atoms with Gasteiger partial charge in [0.2, 0.25) is 5.91 Å². The Balaban J connectivity index is 2.01. The summed E-state index contributed by atoms with van der Waals surface area (Å²) in [5, 5.41) is 16.7. The van der Waals surface area contributed by atoms with Crippen molar-refractivity contribution in [2.24, 2.45) is 5.92 Å². The van der Waals surface area contributed by atoms with Crippen LogP contribution in [0.4, 0.5) is 17.1 Å². The van der Waals surface area contributed by atoms with E-state index in [0.717, 1.165) is 0 Å². The molecule has 1 unspecified atom stereocenters. The zero-order valence-corrected chi connectivity index (χ0v) is 13.6. The largest absolute Gasteiger partial charge is 0.325 e. The van der Waals surface area contributed by atoms with Crippen LogP contribution in [-0.4, -0.2) is 21.7 Å². The predicted octanol–water partition coefficient (Wildman–Crippen LogP) is 2.93. The highest BCUT2D eigenvalue weighted by molar-refractivity contribution is 6.08. The first-order valence-corrected chi connectivity index (χ1v) is 7.73. The standard InChI is InChI=1S/C17H16N4O4/c1-9(2)15-11-7-14(21(24)25)13(8-12(11)19-17(15)23)20-16(22)10-3-5-18-6-4-10/h3-9,15H,1-2H3,(H,19,23)(H,20,22). The van der Waals surface area contributed by atoms with Crippen LogP contribution in [0.2, 0.25) is 0 Å². The Morgan fingerprint density at radius 1 is 1.32 bits per heavy atom. The lowest BCUT2D eigenvalue weighted by molar-refractivity contribution is -0.384. The number of rotatable bonds is 4. The molecule has 0 saturated heterocycles. The van der Waals surface area contributed by atoms with E-state index in [-0.39, 0.29) is 23.2 Å². The molecule has 1 aromatic heterocycles. The summed E-state index contributed by atoms with van der Waals surface area (Å²) >= 11 is 0. The van der Waals surface area contributed by atoms with Crippen LogP contribution in [0.25, 0.3) is 0 Å². The van der Waals surface area contributed by atoms with Crippen molar-refractivity contribution in [3.05, 3.63) is 57.9 Å². The number of benzene rings is 1. The molecule has 2 amide bonds. The van der Waals surface area contributed by atoms with E-state index >= 15 is 0 Å². The molecule has 0 spiro atoms. The minimum absolute atomic E-state index is 0.00175. The van der Waals surface area contributed by atoms with Crippen LogP contribution in [0.3, 0.4) is 0 Å². The van der Waals surface area contributed by atoms with Gasteiger partial charge in [-0.25, -0.2) is 0 Å². The first-order chi connectivity index (χ1) is 11.9. The van der Waals surface area contributed by atoms with Gasteiger partial charge in [-0.3, -0.25) is 24.7 Å². The van der Waals surface area contributed by atoms with Crippen LogP contribution in [-0.2, 0) is 4.79 Å². The molecular formula is C17H16N4O4. The Morgan fingerprint density at radius 3 is 2.60 bits per heavy atom. The Kier molecular flexibility index (Phi) is 4.18. The van der Waals surface area contributed by atoms with Crippen molar-refractivity contribution >= 4 is 28.9 Å². The predicted molar refractivity (Wildman–Crippen MR) is 91.5 cm³/mol. The van der Waals surface area contributed by atoms with Crippen molar-refractivity contribution < 1.29 is 14.5 Å². The molecule has 8 heteroatoms. The number of amides is 2. The van der Waals surface area contributed by atoms with Crippen LogP contribution in [0, 0.1) is 16.0 Å². The maximum atomic E-state index is 12.3. The summed E-state index contributed by atoms with van der Waals surface area (Å²) in [6, 6.07) is 5.81. The minimum Gasteiger partial charge on any atom is -0.325 e. The molecule has 1 aromatic carbocycles. The van der Waals surface area contributed by atoms with E-state index in [1.807, 2.05) is 13.8 Å². The Bertz CT molecular complexity index is 864. The van der Waals surface area contributed by atoms with Gasteiger partial charge in [-0.1, -0.05) is 13.8 Å². The lowest BCUT2D eigenvalue weighted by Gasteiger charge is -2.13. The number of nitrogens with zero attached hydrogens (tertiary/aromatic N) is 2. The lowest BCUT2D eigenvalue weighted by atomic mass is 9.89. The number of nitro groups is 1. The molecule has 8 nitrogen and oxygen atoms in total. The molecule has 0 saturated carbocycles. The fourth-order valence-electron chi connectivity index (χ4n) is 2.93. The number of anilines is 2. The van der Waals surface area contributed by atoms with Crippen LogP contribution in [0.5, 0.6) is 0 Å². The summed E-state index contributed by atoms with van der Waals surface area (Å²) in [4.78, 5) is 39.1. The van der Waals surface area contributed by atoms with Gasteiger partial charge >= 0.3 is 0 Å². The van der Waals surface area contributed by atoms with E-state index in [1.54, 1.807) is 0 Å². The number of nitro benzene ring substituents is 1. The van der Waals surface area contributed by atoms with Crippen LogP contribution >= 0.6 is 0 Å². The molecule has 25 heavy (non-hydrogen) atoms. The fraction of sp³-hybridized carbons (Fsp3) is 0.235. The second-order valence-corrected chi connectivity index (χ2v) is 6.11. The van der Waals surface area contributed by atoms with E-state index in [4.69, 9.17) is 0 Å².